The van der Waals surface area contributed by atoms with Crippen molar-refractivity contribution >= 4 is 17.5 Å². The standard InChI is InChI=1S/C23H30N2O4/c1-5-15-25(16-6-2)23(27)18-11-13-19(14-12-18)24-22(26)17(3)29-21-10-8-7-9-20(21)28-4/h7-14,17H,5-6,15-16H2,1-4H3,(H,24,26). The number of ether oxygens (including phenoxy) is 2. The molecule has 0 spiro atoms. The molecule has 0 saturated carbocycles. The number of carbonyl (C=O) groups is 2. The number of methoxy groups -OCH3 is 1. The van der Waals surface area contributed by atoms with E-state index in [0.717, 1.165) is 25.9 Å². The van der Waals surface area contributed by atoms with E-state index in [1.807, 2.05) is 17.0 Å². The molecule has 2 amide bonds. The van der Waals surface area contributed by atoms with Crippen molar-refractivity contribution in [3.63, 3.8) is 0 Å². The van der Waals surface area contributed by atoms with E-state index in [9.17, 15) is 9.59 Å². The maximum absolute atomic E-state index is 12.6. The van der Waals surface area contributed by atoms with E-state index in [4.69, 9.17) is 9.47 Å². The number of benzene rings is 2. The van der Waals surface area contributed by atoms with Crippen molar-refractivity contribution in [2.75, 3.05) is 25.5 Å². The average molecular weight is 399 g/mol. The summed E-state index contributed by atoms with van der Waals surface area (Å²) in [5.74, 6) is 0.803. The van der Waals surface area contributed by atoms with Gasteiger partial charge >= 0.3 is 0 Å². The molecule has 0 aliphatic heterocycles. The zero-order chi connectivity index (χ0) is 21.2. The van der Waals surface area contributed by atoms with E-state index in [-0.39, 0.29) is 11.8 Å². The summed E-state index contributed by atoms with van der Waals surface area (Å²) in [6.07, 6.45) is 1.13. The Kier molecular flexibility index (Phi) is 8.52. The van der Waals surface area contributed by atoms with Crippen molar-refractivity contribution < 1.29 is 19.1 Å². The van der Waals surface area contributed by atoms with Gasteiger partial charge in [-0.2, -0.15) is 0 Å². The molecule has 156 valence electrons. The lowest BCUT2D eigenvalue weighted by Crippen LogP contribution is -2.32. The summed E-state index contributed by atoms with van der Waals surface area (Å²) in [6.45, 7) is 7.27. The Morgan fingerprint density at radius 3 is 2.10 bits per heavy atom. The summed E-state index contributed by atoms with van der Waals surface area (Å²) in [6, 6.07) is 14.1. The molecule has 0 heterocycles. The van der Waals surface area contributed by atoms with Crippen molar-refractivity contribution in [1.29, 1.82) is 0 Å². The van der Waals surface area contributed by atoms with E-state index in [0.29, 0.717) is 22.7 Å². The average Bonchev–Trinajstić information content (AvgIpc) is 2.74. The van der Waals surface area contributed by atoms with Crippen LogP contribution < -0.4 is 14.8 Å². The van der Waals surface area contributed by atoms with E-state index in [2.05, 4.69) is 19.2 Å². The highest BCUT2D eigenvalue weighted by atomic mass is 16.5. The number of anilines is 1. The molecule has 0 radical (unpaired) electrons. The number of nitrogens with one attached hydrogen (secondary N) is 1. The molecule has 0 saturated heterocycles. The number of para-hydroxylation sites is 2. The number of rotatable bonds is 10. The Bertz CT molecular complexity index is 799. The van der Waals surface area contributed by atoms with Gasteiger partial charge in [-0.3, -0.25) is 9.59 Å². The minimum atomic E-state index is -0.711. The van der Waals surface area contributed by atoms with E-state index < -0.39 is 6.10 Å². The van der Waals surface area contributed by atoms with Gasteiger partial charge in [-0.05, 0) is 56.2 Å². The lowest BCUT2D eigenvalue weighted by Gasteiger charge is -2.21. The molecule has 0 aromatic heterocycles. The minimum absolute atomic E-state index is 0.0134. The number of hydrogen-bond donors (Lipinski definition) is 1. The molecule has 2 aromatic rings. The van der Waals surface area contributed by atoms with Crippen LogP contribution in [-0.2, 0) is 4.79 Å². The van der Waals surface area contributed by atoms with Crippen LogP contribution in [0.4, 0.5) is 5.69 Å². The van der Waals surface area contributed by atoms with Crippen molar-refractivity contribution in [1.82, 2.24) is 4.90 Å². The fourth-order valence-electron chi connectivity index (χ4n) is 2.94. The molecule has 0 fully saturated rings. The zero-order valence-corrected chi connectivity index (χ0v) is 17.6. The van der Waals surface area contributed by atoms with Crippen LogP contribution in [0.2, 0.25) is 0 Å². The van der Waals surface area contributed by atoms with Crippen LogP contribution in [0, 0.1) is 0 Å². The first kappa shape index (κ1) is 22.3. The highest BCUT2D eigenvalue weighted by Crippen LogP contribution is 2.27. The number of carbonyl (C=O) groups excluding carboxylic acids is 2. The lowest BCUT2D eigenvalue weighted by molar-refractivity contribution is -0.122. The molecule has 6 nitrogen and oxygen atoms in total. The van der Waals surface area contributed by atoms with Gasteiger partial charge in [0.1, 0.15) is 0 Å². The van der Waals surface area contributed by atoms with E-state index in [1.54, 1.807) is 50.4 Å². The highest BCUT2D eigenvalue weighted by Gasteiger charge is 2.18. The van der Waals surface area contributed by atoms with Crippen molar-refractivity contribution in [2.24, 2.45) is 0 Å². The fourth-order valence-corrected chi connectivity index (χ4v) is 2.94. The van der Waals surface area contributed by atoms with Crippen molar-refractivity contribution in [2.45, 2.75) is 39.7 Å². The van der Waals surface area contributed by atoms with Gasteiger partial charge in [0, 0.05) is 24.3 Å². The molecule has 0 bridgehead atoms. The Labute approximate surface area is 172 Å². The number of hydrogen-bond acceptors (Lipinski definition) is 4. The third kappa shape index (κ3) is 6.24. The van der Waals surface area contributed by atoms with Gasteiger partial charge in [0.25, 0.3) is 11.8 Å². The van der Waals surface area contributed by atoms with Crippen LogP contribution in [-0.4, -0.2) is 43.0 Å². The molecule has 0 aliphatic rings. The molecule has 1 unspecified atom stereocenters. The van der Waals surface area contributed by atoms with Gasteiger partial charge in [-0.1, -0.05) is 26.0 Å². The van der Waals surface area contributed by atoms with Crippen LogP contribution in [0.15, 0.2) is 48.5 Å². The third-order valence-electron chi connectivity index (χ3n) is 4.42. The van der Waals surface area contributed by atoms with Crippen molar-refractivity contribution in [3.8, 4) is 11.5 Å². The lowest BCUT2D eigenvalue weighted by atomic mass is 10.1. The van der Waals surface area contributed by atoms with E-state index >= 15 is 0 Å². The highest BCUT2D eigenvalue weighted by molar-refractivity contribution is 5.96. The zero-order valence-electron chi connectivity index (χ0n) is 17.6. The second-order valence-electron chi connectivity index (χ2n) is 6.77. The second kappa shape index (κ2) is 11.1. The molecule has 29 heavy (non-hydrogen) atoms. The van der Waals surface area contributed by atoms with Crippen LogP contribution in [0.3, 0.4) is 0 Å². The first-order valence-corrected chi connectivity index (χ1v) is 10.00. The molecule has 6 heteroatoms. The molecular formula is C23H30N2O4. The predicted molar refractivity (Wildman–Crippen MR) is 115 cm³/mol. The predicted octanol–water partition coefficient (Wildman–Crippen LogP) is 4.36. The van der Waals surface area contributed by atoms with Gasteiger partial charge in [0.05, 0.1) is 7.11 Å². The molecular weight excluding hydrogens is 368 g/mol. The molecule has 2 rings (SSSR count). The maximum Gasteiger partial charge on any atom is 0.265 e. The summed E-state index contributed by atoms with van der Waals surface area (Å²) in [5, 5.41) is 2.82. The van der Waals surface area contributed by atoms with Gasteiger partial charge in [0.15, 0.2) is 17.6 Å². The quantitative estimate of drug-likeness (QED) is 0.646. The molecule has 1 N–H and O–H groups in total. The second-order valence-corrected chi connectivity index (χ2v) is 6.77. The summed E-state index contributed by atoms with van der Waals surface area (Å²) < 4.78 is 11.0. The summed E-state index contributed by atoms with van der Waals surface area (Å²) in [5.41, 5.74) is 1.22. The first-order chi connectivity index (χ1) is 14.0. The molecule has 1 atom stereocenters. The number of nitrogens with zero attached hydrogens (tertiary/aromatic N) is 1. The Morgan fingerprint density at radius 1 is 0.966 bits per heavy atom. The van der Waals surface area contributed by atoms with Crippen molar-refractivity contribution in [3.05, 3.63) is 54.1 Å². The topological polar surface area (TPSA) is 67.9 Å². The first-order valence-electron chi connectivity index (χ1n) is 10.00. The normalized spacial score (nSPS) is 11.4. The minimum Gasteiger partial charge on any atom is -0.493 e. The fraction of sp³-hybridized carbons (Fsp3) is 0.391. The third-order valence-corrected chi connectivity index (χ3v) is 4.42. The SMILES string of the molecule is CCCN(CCC)C(=O)c1ccc(NC(=O)C(C)Oc2ccccc2OC)cc1. The Hall–Kier alpha value is -3.02. The van der Waals surface area contributed by atoms with Gasteiger partial charge in [-0.25, -0.2) is 0 Å². The van der Waals surface area contributed by atoms with Crippen LogP contribution in [0.5, 0.6) is 11.5 Å². The van der Waals surface area contributed by atoms with Gasteiger partial charge in [-0.15, -0.1) is 0 Å². The molecule has 2 aromatic carbocycles. The largest absolute Gasteiger partial charge is 0.493 e. The van der Waals surface area contributed by atoms with Crippen LogP contribution >= 0.6 is 0 Å². The van der Waals surface area contributed by atoms with Gasteiger partial charge in [0.2, 0.25) is 0 Å². The molecule has 0 aliphatic carbocycles. The van der Waals surface area contributed by atoms with E-state index in [1.165, 1.54) is 0 Å². The van der Waals surface area contributed by atoms with Gasteiger partial charge < -0.3 is 19.7 Å². The summed E-state index contributed by atoms with van der Waals surface area (Å²) in [7, 11) is 1.55. The summed E-state index contributed by atoms with van der Waals surface area (Å²) >= 11 is 0. The Balaban J connectivity index is 1.99. The summed E-state index contributed by atoms with van der Waals surface area (Å²) in [4.78, 5) is 27.0. The number of amides is 2. The smallest absolute Gasteiger partial charge is 0.265 e. The van der Waals surface area contributed by atoms with Crippen LogP contribution in [0.1, 0.15) is 44.0 Å². The Morgan fingerprint density at radius 2 is 1.55 bits per heavy atom. The maximum atomic E-state index is 12.6. The van der Waals surface area contributed by atoms with Crippen LogP contribution in [0.25, 0.3) is 0 Å². The monoisotopic (exact) mass is 398 g/mol.